The highest BCUT2D eigenvalue weighted by atomic mass is 16.6. The second-order valence-corrected chi connectivity index (χ2v) is 10.2. The predicted molar refractivity (Wildman–Crippen MR) is 130 cm³/mol. The molecule has 0 unspecified atom stereocenters. The first-order valence-electron chi connectivity index (χ1n) is 12.2. The molecule has 4 rings (SSSR count). The van der Waals surface area contributed by atoms with Crippen LogP contribution in [0.2, 0.25) is 0 Å². The van der Waals surface area contributed by atoms with Crippen LogP contribution in [0.15, 0.2) is 42.7 Å². The quantitative estimate of drug-likeness (QED) is 0.608. The number of aryl methyl sites for hydroxylation is 1. The summed E-state index contributed by atoms with van der Waals surface area (Å²) in [4.78, 5) is 33.4. The van der Waals surface area contributed by atoms with Gasteiger partial charge in [-0.05, 0) is 75.3 Å². The molecule has 0 saturated carbocycles. The summed E-state index contributed by atoms with van der Waals surface area (Å²) in [5, 5.41) is 0. The molecule has 7 nitrogen and oxygen atoms in total. The third kappa shape index (κ3) is 6.27. The van der Waals surface area contributed by atoms with Crippen LogP contribution in [0.4, 0.5) is 10.5 Å². The highest BCUT2D eigenvalue weighted by molar-refractivity contribution is 5.73. The number of pyridine rings is 1. The van der Waals surface area contributed by atoms with Crippen LogP contribution in [-0.4, -0.2) is 47.2 Å². The Bertz CT molecular complexity index is 995. The van der Waals surface area contributed by atoms with Gasteiger partial charge in [0.25, 0.3) is 0 Å². The van der Waals surface area contributed by atoms with Crippen molar-refractivity contribution in [3.8, 4) is 0 Å². The van der Waals surface area contributed by atoms with E-state index in [1.54, 1.807) is 17.3 Å². The molecule has 2 aliphatic heterocycles. The molecule has 0 spiro atoms. The minimum absolute atomic E-state index is 0.0680. The molecule has 1 aromatic carbocycles. The van der Waals surface area contributed by atoms with E-state index in [9.17, 15) is 9.59 Å². The van der Waals surface area contributed by atoms with Gasteiger partial charge in [0.05, 0.1) is 5.92 Å². The van der Waals surface area contributed by atoms with E-state index >= 15 is 0 Å². The fourth-order valence-corrected chi connectivity index (χ4v) is 4.59. The topological polar surface area (TPSA) is 72.0 Å². The lowest BCUT2D eigenvalue weighted by molar-refractivity contribution is -0.150. The maximum Gasteiger partial charge on any atom is 0.410 e. The summed E-state index contributed by atoms with van der Waals surface area (Å²) < 4.78 is 11.3. The zero-order chi connectivity index (χ0) is 24.1. The Hall–Kier alpha value is -3.09. The Morgan fingerprint density at radius 1 is 1.03 bits per heavy atom. The van der Waals surface area contributed by atoms with E-state index in [4.69, 9.17) is 9.47 Å². The summed E-state index contributed by atoms with van der Waals surface area (Å²) >= 11 is 0. The van der Waals surface area contributed by atoms with Gasteiger partial charge in [-0.2, -0.15) is 0 Å². The van der Waals surface area contributed by atoms with Crippen molar-refractivity contribution in [1.82, 2.24) is 9.88 Å². The summed E-state index contributed by atoms with van der Waals surface area (Å²) in [6, 6.07) is 10.2. The van der Waals surface area contributed by atoms with Gasteiger partial charge >= 0.3 is 12.1 Å². The maximum absolute atomic E-state index is 12.7. The van der Waals surface area contributed by atoms with Crippen molar-refractivity contribution in [1.29, 1.82) is 0 Å². The first-order chi connectivity index (χ1) is 16.3. The Labute approximate surface area is 202 Å². The van der Waals surface area contributed by atoms with Crippen LogP contribution in [0.3, 0.4) is 0 Å². The van der Waals surface area contributed by atoms with Gasteiger partial charge < -0.3 is 19.3 Å². The monoisotopic (exact) mass is 465 g/mol. The average Bonchev–Trinajstić information content (AvgIpc) is 3.04. The van der Waals surface area contributed by atoms with Crippen LogP contribution < -0.4 is 4.90 Å². The number of nitrogens with zero attached hydrogens (tertiary/aromatic N) is 3. The van der Waals surface area contributed by atoms with Gasteiger partial charge in [-0.1, -0.05) is 18.2 Å². The molecule has 0 atom stereocenters. The van der Waals surface area contributed by atoms with Crippen molar-refractivity contribution in [3.63, 3.8) is 0 Å². The molecule has 1 fully saturated rings. The van der Waals surface area contributed by atoms with Crippen molar-refractivity contribution in [2.45, 2.75) is 65.2 Å². The van der Waals surface area contributed by atoms with Crippen LogP contribution in [0.5, 0.6) is 0 Å². The lowest BCUT2D eigenvalue weighted by Gasteiger charge is -2.32. The summed E-state index contributed by atoms with van der Waals surface area (Å²) in [6.45, 7) is 8.76. The average molecular weight is 466 g/mol. The van der Waals surface area contributed by atoms with E-state index < -0.39 is 5.60 Å². The highest BCUT2D eigenvalue weighted by Crippen LogP contribution is 2.25. The normalized spacial score (nSPS) is 17.0. The Kier molecular flexibility index (Phi) is 7.39. The van der Waals surface area contributed by atoms with Gasteiger partial charge in [-0.3, -0.25) is 9.78 Å². The SMILES string of the molecule is CC(C)(C)OC(=O)N1CCCc2ccc(COC(=O)C3CCN(c4ccncc4)CC3)cc2C1. The van der Waals surface area contributed by atoms with Gasteiger partial charge in [0, 0.05) is 44.3 Å². The zero-order valence-corrected chi connectivity index (χ0v) is 20.5. The number of rotatable bonds is 4. The summed E-state index contributed by atoms with van der Waals surface area (Å²) in [6.07, 6.45) is 6.71. The molecule has 34 heavy (non-hydrogen) atoms. The van der Waals surface area contributed by atoms with Crippen LogP contribution in [0, 0.1) is 5.92 Å². The molecule has 3 heterocycles. The largest absolute Gasteiger partial charge is 0.461 e. The number of hydrogen-bond acceptors (Lipinski definition) is 6. The second kappa shape index (κ2) is 10.5. The number of piperidine rings is 1. The molecule has 0 aliphatic carbocycles. The molecule has 1 amide bonds. The second-order valence-electron chi connectivity index (χ2n) is 10.2. The molecule has 7 heteroatoms. The Morgan fingerprint density at radius 2 is 1.76 bits per heavy atom. The predicted octanol–water partition coefficient (Wildman–Crippen LogP) is 4.72. The van der Waals surface area contributed by atoms with E-state index in [0.717, 1.165) is 55.6 Å². The third-order valence-electron chi connectivity index (χ3n) is 6.39. The number of aromatic nitrogens is 1. The van der Waals surface area contributed by atoms with Crippen molar-refractivity contribution in [3.05, 3.63) is 59.4 Å². The molecule has 2 aliphatic rings. The van der Waals surface area contributed by atoms with Crippen molar-refractivity contribution >= 4 is 17.7 Å². The number of carbonyl (C=O) groups is 2. The summed E-state index contributed by atoms with van der Waals surface area (Å²) in [5.74, 6) is -0.193. The van der Waals surface area contributed by atoms with Crippen LogP contribution in [0.25, 0.3) is 0 Å². The maximum atomic E-state index is 12.7. The van der Waals surface area contributed by atoms with Gasteiger partial charge in [-0.25, -0.2) is 4.79 Å². The van der Waals surface area contributed by atoms with Crippen LogP contribution in [-0.2, 0) is 33.8 Å². The van der Waals surface area contributed by atoms with E-state index in [1.165, 1.54) is 5.56 Å². The number of hydrogen-bond donors (Lipinski definition) is 0. The van der Waals surface area contributed by atoms with Crippen LogP contribution >= 0.6 is 0 Å². The van der Waals surface area contributed by atoms with Crippen molar-refractivity contribution < 1.29 is 19.1 Å². The molecule has 1 saturated heterocycles. The molecule has 0 radical (unpaired) electrons. The van der Waals surface area contributed by atoms with Crippen molar-refractivity contribution in [2.75, 3.05) is 24.5 Å². The number of esters is 1. The molecule has 0 bridgehead atoms. The van der Waals surface area contributed by atoms with E-state index in [0.29, 0.717) is 13.1 Å². The van der Waals surface area contributed by atoms with Gasteiger partial charge in [0.1, 0.15) is 12.2 Å². The first kappa shape index (κ1) is 24.0. The molecular formula is C27H35N3O4. The van der Waals surface area contributed by atoms with Gasteiger partial charge in [0.2, 0.25) is 0 Å². The number of amides is 1. The number of carbonyl (C=O) groups excluding carboxylic acids is 2. The minimum Gasteiger partial charge on any atom is -0.461 e. The molecule has 0 N–H and O–H groups in total. The fourth-order valence-electron chi connectivity index (χ4n) is 4.59. The smallest absolute Gasteiger partial charge is 0.410 e. The Morgan fingerprint density at radius 3 is 2.47 bits per heavy atom. The van der Waals surface area contributed by atoms with E-state index in [2.05, 4.69) is 22.0 Å². The summed E-state index contributed by atoms with van der Waals surface area (Å²) in [7, 11) is 0. The fraction of sp³-hybridized carbons (Fsp3) is 0.519. The summed E-state index contributed by atoms with van der Waals surface area (Å²) in [5.41, 5.74) is 3.92. The van der Waals surface area contributed by atoms with E-state index in [1.807, 2.05) is 39.0 Å². The lowest BCUT2D eigenvalue weighted by Crippen LogP contribution is -2.37. The Balaban J connectivity index is 1.31. The minimum atomic E-state index is -0.517. The number of anilines is 1. The number of benzene rings is 1. The van der Waals surface area contributed by atoms with Crippen molar-refractivity contribution in [2.24, 2.45) is 5.92 Å². The number of fused-ring (bicyclic) bond motifs is 1. The third-order valence-corrected chi connectivity index (χ3v) is 6.39. The van der Waals surface area contributed by atoms with Gasteiger partial charge in [-0.15, -0.1) is 0 Å². The molecule has 1 aromatic heterocycles. The van der Waals surface area contributed by atoms with Crippen LogP contribution in [0.1, 0.15) is 56.7 Å². The first-order valence-corrected chi connectivity index (χ1v) is 12.2. The molecule has 2 aromatic rings. The number of ether oxygens (including phenoxy) is 2. The zero-order valence-electron chi connectivity index (χ0n) is 20.5. The highest BCUT2D eigenvalue weighted by Gasteiger charge is 2.27. The molecule has 182 valence electrons. The standard InChI is InChI=1S/C27H35N3O4/c1-27(2,3)34-26(32)30-14-4-5-21-7-6-20(17-23(21)18-30)19-33-25(31)22-10-15-29(16-11-22)24-8-12-28-13-9-24/h6-9,12-13,17,22H,4-5,10-11,14-16,18-19H2,1-3H3. The van der Waals surface area contributed by atoms with Gasteiger partial charge in [0.15, 0.2) is 0 Å². The lowest BCUT2D eigenvalue weighted by atomic mass is 9.96. The molecular weight excluding hydrogens is 430 g/mol. The van der Waals surface area contributed by atoms with E-state index in [-0.39, 0.29) is 24.6 Å².